The molecule has 1 aromatic carbocycles. The van der Waals surface area contributed by atoms with Gasteiger partial charge in [0.25, 0.3) is 0 Å². The SMILES string of the molecule is CC.COCC(=O)O.COc1cc(C)c(S(=O)(=O)N2CCCC2)c(C)c1. The third kappa shape index (κ3) is 6.93. The number of hydrogen-bond acceptors (Lipinski definition) is 5. The topological polar surface area (TPSA) is 93.1 Å². The Morgan fingerprint density at radius 1 is 1.12 bits per heavy atom. The highest BCUT2D eigenvalue weighted by Crippen LogP contribution is 2.29. The van der Waals surface area contributed by atoms with Gasteiger partial charge in [-0.15, -0.1) is 0 Å². The summed E-state index contributed by atoms with van der Waals surface area (Å²) in [5.74, 6) is -0.233. The molecule has 1 N–H and O–H groups in total. The Kier molecular flexibility index (Phi) is 11.1. The molecule has 0 aliphatic carbocycles. The smallest absolute Gasteiger partial charge is 0.329 e. The summed E-state index contributed by atoms with van der Waals surface area (Å²) in [6, 6.07) is 3.55. The van der Waals surface area contributed by atoms with Gasteiger partial charge in [-0.25, -0.2) is 13.2 Å². The van der Waals surface area contributed by atoms with Gasteiger partial charge in [0, 0.05) is 20.2 Å². The van der Waals surface area contributed by atoms with Crippen LogP contribution < -0.4 is 4.74 Å². The van der Waals surface area contributed by atoms with Crippen LogP contribution in [0, 0.1) is 13.8 Å². The van der Waals surface area contributed by atoms with E-state index in [2.05, 4.69) is 4.74 Å². The highest BCUT2D eigenvalue weighted by Gasteiger charge is 2.30. The molecule has 0 aromatic heterocycles. The van der Waals surface area contributed by atoms with E-state index in [4.69, 9.17) is 9.84 Å². The molecule has 1 saturated heterocycles. The minimum absolute atomic E-state index is 0.208. The summed E-state index contributed by atoms with van der Waals surface area (Å²) in [5, 5.41) is 7.79. The standard InChI is InChI=1S/C13H19NO3S.C3H6O3.C2H6/c1-10-8-12(17-3)9-11(2)13(10)18(15,16)14-6-4-5-7-14;1-6-2-3(4)5;1-2/h8-9H,4-7H2,1-3H3;2H2,1H3,(H,4,5);1-2H3. The average molecular weight is 390 g/mol. The van der Waals surface area contributed by atoms with Crippen LogP contribution in [0.4, 0.5) is 0 Å². The first-order valence-electron chi connectivity index (χ1n) is 8.60. The van der Waals surface area contributed by atoms with E-state index >= 15 is 0 Å². The van der Waals surface area contributed by atoms with Crippen LogP contribution in [-0.4, -0.2) is 57.7 Å². The first kappa shape index (κ1) is 24.4. The molecule has 7 nitrogen and oxygen atoms in total. The van der Waals surface area contributed by atoms with E-state index in [9.17, 15) is 13.2 Å². The van der Waals surface area contributed by atoms with Crippen molar-refractivity contribution in [2.75, 3.05) is 33.9 Å². The molecule has 26 heavy (non-hydrogen) atoms. The number of aliphatic carboxylic acids is 1. The molecule has 1 fully saturated rings. The summed E-state index contributed by atoms with van der Waals surface area (Å²) in [6.07, 6.45) is 1.90. The van der Waals surface area contributed by atoms with Crippen LogP contribution in [0.2, 0.25) is 0 Å². The quantitative estimate of drug-likeness (QED) is 0.832. The number of carbonyl (C=O) groups is 1. The van der Waals surface area contributed by atoms with Crippen molar-refractivity contribution < 1.29 is 27.8 Å². The lowest BCUT2D eigenvalue weighted by Gasteiger charge is -2.19. The molecule has 0 saturated carbocycles. The molecule has 1 aromatic rings. The van der Waals surface area contributed by atoms with E-state index in [0.29, 0.717) is 23.7 Å². The van der Waals surface area contributed by atoms with Gasteiger partial charge in [-0.05, 0) is 49.9 Å². The number of rotatable bonds is 5. The maximum absolute atomic E-state index is 12.6. The monoisotopic (exact) mass is 389 g/mol. The van der Waals surface area contributed by atoms with E-state index in [0.717, 1.165) is 24.0 Å². The van der Waals surface area contributed by atoms with E-state index in [-0.39, 0.29) is 6.61 Å². The summed E-state index contributed by atoms with van der Waals surface area (Å²) in [7, 11) is -0.420. The second-order valence-electron chi connectivity index (χ2n) is 5.53. The Balaban J connectivity index is 0.000000667. The molecule has 0 unspecified atom stereocenters. The van der Waals surface area contributed by atoms with Crippen molar-refractivity contribution in [2.45, 2.75) is 45.4 Å². The molecule has 0 atom stereocenters. The van der Waals surface area contributed by atoms with Gasteiger partial charge in [0.15, 0.2) is 0 Å². The van der Waals surface area contributed by atoms with Crippen molar-refractivity contribution in [1.82, 2.24) is 4.31 Å². The molecule has 1 heterocycles. The lowest BCUT2D eigenvalue weighted by Crippen LogP contribution is -2.29. The van der Waals surface area contributed by atoms with E-state index in [1.54, 1.807) is 23.5 Å². The number of benzene rings is 1. The number of carboxylic acid groups (broad SMARTS) is 1. The first-order chi connectivity index (χ1) is 12.2. The molecule has 1 aliphatic heterocycles. The Hall–Kier alpha value is -1.64. The molecule has 1 aliphatic rings. The van der Waals surface area contributed by atoms with Gasteiger partial charge in [0.2, 0.25) is 10.0 Å². The summed E-state index contributed by atoms with van der Waals surface area (Å²) >= 11 is 0. The maximum Gasteiger partial charge on any atom is 0.329 e. The molecule has 0 spiro atoms. The van der Waals surface area contributed by atoms with Crippen molar-refractivity contribution in [1.29, 1.82) is 0 Å². The van der Waals surface area contributed by atoms with Crippen molar-refractivity contribution in [3.63, 3.8) is 0 Å². The predicted octanol–water partition coefficient (Wildman–Crippen LogP) is 2.84. The number of aryl methyl sites for hydroxylation is 2. The van der Waals surface area contributed by atoms with E-state index in [1.807, 2.05) is 27.7 Å². The van der Waals surface area contributed by atoms with Crippen molar-refractivity contribution >= 4 is 16.0 Å². The van der Waals surface area contributed by atoms with Gasteiger partial charge in [-0.2, -0.15) is 4.31 Å². The maximum atomic E-state index is 12.6. The second-order valence-corrected chi connectivity index (χ2v) is 7.40. The van der Waals surface area contributed by atoms with Gasteiger partial charge >= 0.3 is 5.97 Å². The number of nitrogens with zero attached hydrogens (tertiary/aromatic N) is 1. The highest BCUT2D eigenvalue weighted by molar-refractivity contribution is 7.89. The van der Waals surface area contributed by atoms with Crippen LogP contribution in [-0.2, 0) is 19.6 Å². The van der Waals surface area contributed by atoms with Crippen molar-refractivity contribution in [3.05, 3.63) is 23.3 Å². The number of carboxylic acids is 1. The fourth-order valence-electron chi connectivity index (χ4n) is 2.62. The summed E-state index contributed by atoms with van der Waals surface area (Å²) < 4.78 is 36.1. The van der Waals surface area contributed by atoms with Gasteiger partial charge in [-0.1, -0.05) is 13.8 Å². The van der Waals surface area contributed by atoms with Gasteiger partial charge in [-0.3, -0.25) is 0 Å². The second kappa shape index (κ2) is 11.9. The van der Waals surface area contributed by atoms with Gasteiger partial charge in [0.1, 0.15) is 12.4 Å². The molecular formula is C18H31NO6S. The fourth-order valence-corrected chi connectivity index (χ4v) is 4.55. The average Bonchev–Trinajstić information content (AvgIpc) is 3.11. The number of sulfonamides is 1. The third-order valence-corrected chi connectivity index (χ3v) is 5.81. The van der Waals surface area contributed by atoms with Crippen molar-refractivity contribution in [3.8, 4) is 5.75 Å². The molecule has 150 valence electrons. The molecular weight excluding hydrogens is 358 g/mol. The molecule has 0 amide bonds. The number of methoxy groups -OCH3 is 2. The largest absolute Gasteiger partial charge is 0.497 e. The minimum Gasteiger partial charge on any atom is -0.497 e. The fraction of sp³-hybridized carbons (Fsp3) is 0.611. The molecule has 8 heteroatoms. The van der Waals surface area contributed by atoms with Crippen LogP contribution in [0.3, 0.4) is 0 Å². The van der Waals surface area contributed by atoms with Crippen LogP contribution in [0.1, 0.15) is 37.8 Å². The number of hydrogen-bond donors (Lipinski definition) is 1. The first-order valence-corrected chi connectivity index (χ1v) is 10.0. The van der Waals surface area contributed by atoms with Crippen LogP contribution >= 0.6 is 0 Å². The van der Waals surface area contributed by atoms with Gasteiger partial charge in [0.05, 0.1) is 12.0 Å². The highest BCUT2D eigenvalue weighted by atomic mass is 32.2. The Morgan fingerprint density at radius 2 is 1.58 bits per heavy atom. The molecule has 0 bridgehead atoms. The Morgan fingerprint density at radius 3 is 1.88 bits per heavy atom. The zero-order valence-electron chi connectivity index (χ0n) is 16.5. The number of ether oxygens (including phenoxy) is 2. The van der Waals surface area contributed by atoms with Crippen LogP contribution in [0.25, 0.3) is 0 Å². The molecule has 0 radical (unpaired) electrons. The zero-order chi connectivity index (χ0) is 20.3. The van der Waals surface area contributed by atoms with E-state index < -0.39 is 16.0 Å². The normalized spacial score (nSPS) is 13.9. The predicted molar refractivity (Wildman–Crippen MR) is 101 cm³/mol. The lowest BCUT2D eigenvalue weighted by atomic mass is 10.1. The Bertz CT molecular complexity index is 643. The summed E-state index contributed by atoms with van der Waals surface area (Å²) in [5.41, 5.74) is 1.50. The lowest BCUT2D eigenvalue weighted by molar-refractivity contribution is -0.141. The Labute approximate surface area is 157 Å². The minimum atomic E-state index is -3.35. The zero-order valence-corrected chi connectivity index (χ0v) is 17.4. The molecule has 2 rings (SSSR count). The summed E-state index contributed by atoms with van der Waals surface area (Å²) in [4.78, 5) is 9.91. The van der Waals surface area contributed by atoms with Crippen LogP contribution in [0.15, 0.2) is 17.0 Å². The van der Waals surface area contributed by atoms with E-state index in [1.165, 1.54) is 7.11 Å². The van der Waals surface area contributed by atoms with Crippen LogP contribution in [0.5, 0.6) is 5.75 Å². The summed E-state index contributed by atoms with van der Waals surface area (Å²) in [6.45, 7) is 8.69. The third-order valence-electron chi connectivity index (χ3n) is 3.60. The van der Waals surface area contributed by atoms with Crippen molar-refractivity contribution in [2.24, 2.45) is 0 Å². The van der Waals surface area contributed by atoms with Gasteiger partial charge < -0.3 is 14.6 Å².